The number of carboxylic acid groups (broad SMARTS) is 1. The number of fused-ring (bicyclic) bond motifs is 2. The number of aliphatic carboxylic acids is 1. The van der Waals surface area contributed by atoms with Crippen LogP contribution in [0.15, 0.2) is 250 Å². The molecule has 5 aromatic heterocycles. The Morgan fingerprint density at radius 1 is 0.545 bits per heavy atom. The Morgan fingerprint density at radius 2 is 0.931 bits per heavy atom. The molecular formula is C101H105BBr5ClK2N4NaO27S3. The van der Waals surface area contributed by atoms with Gasteiger partial charge in [0.25, 0.3) is 23.6 Å². The van der Waals surface area contributed by atoms with Gasteiger partial charge in [-0.3, -0.25) is 33.6 Å². The summed E-state index contributed by atoms with van der Waals surface area (Å²) < 4.78 is 57.6. The summed E-state index contributed by atoms with van der Waals surface area (Å²) in [7, 11) is 13.5. The predicted octanol–water partition coefficient (Wildman–Crippen LogP) is 12.0. The average Bonchev–Trinajstić information content (AvgIpc) is 1.61. The van der Waals surface area contributed by atoms with E-state index in [0.29, 0.717) is 88.7 Å². The zero-order valence-electron chi connectivity index (χ0n) is 82.7. The van der Waals surface area contributed by atoms with E-state index in [0.717, 1.165) is 166 Å². The molecule has 2 aliphatic heterocycles. The van der Waals surface area contributed by atoms with Crippen LogP contribution in [0.2, 0.25) is 0 Å². The number of anilines is 2. The Bertz CT molecular complexity index is 6250. The Labute approximate surface area is 1010 Å². The van der Waals surface area contributed by atoms with Gasteiger partial charge in [-0.2, -0.15) is 0 Å². The quantitative estimate of drug-likeness (QED) is 0.00675. The van der Waals surface area contributed by atoms with Gasteiger partial charge < -0.3 is 97.3 Å². The maximum atomic E-state index is 14.0. The Hall–Kier alpha value is -7.78. The van der Waals surface area contributed by atoms with Crippen LogP contribution in [0, 0.1) is 11.8 Å². The number of carbonyl (C=O) groups excluding carboxylic acids is 8. The number of nitrogens with two attached hydrogens (primary N) is 1. The molecule has 2 aliphatic rings. The molecule has 145 heavy (non-hydrogen) atoms. The SMILES string of the molecule is BrCC1CCOCC1.CC(=O)O.CC(=O)OOC(C)=O.COC(=O)c1cc(Br)ccc1N.COC(=O)c1cc(Br)ccc1NCc1ccc(OC)cc1.COc1ccc(C=O)cc1.COc1ccc(Cn2c(=O)c(-c3cccs3)c(O)c3cc(Br)ccc32)cc1.COc1ccc(Cn2c(=O)c(-c3cccs3)c(OCC3CCOCC3)c3cc(Br)ccc32)cc1.O=C(Cl)Cc1cccs1.O=CO[O-].[B-]OC(C)=O.[H-].[K+].[K+].[Na+]. The number of nitrogens with zero attached hydrogens (tertiary/aromatic N) is 2. The van der Waals surface area contributed by atoms with Gasteiger partial charge in [0.15, 0.2) is 0 Å². The molecular weight excluding hydrogens is 2340 g/mol. The Kier molecular flexibility index (Phi) is 68.9. The van der Waals surface area contributed by atoms with Gasteiger partial charge in [-0.1, -0.05) is 134 Å². The van der Waals surface area contributed by atoms with Crippen molar-refractivity contribution >= 4 is 220 Å². The van der Waals surface area contributed by atoms with Crippen molar-refractivity contribution in [3.63, 3.8) is 0 Å². The number of carboxylic acids is 1. The minimum Gasteiger partial charge on any atom is -1.00 e. The molecule has 0 amide bonds. The monoisotopic (exact) mass is 2440 g/mol. The van der Waals surface area contributed by atoms with Crippen molar-refractivity contribution in [1.29, 1.82) is 0 Å². The minimum absolute atomic E-state index is 0. The molecule has 44 heteroatoms. The number of aromatic hydroxyl groups is 1. The topological polar surface area (TPSA) is 419 Å². The number of benzene rings is 8. The van der Waals surface area contributed by atoms with E-state index in [-0.39, 0.29) is 168 Å². The van der Waals surface area contributed by atoms with Gasteiger partial charge in [-0.05, 0) is 234 Å². The minimum atomic E-state index is -0.833. The zero-order valence-corrected chi connectivity index (χ0v) is 101. The Morgan fingerprint density at radius 3 is 1.32 bits per heavy atom. The molecule has 2 fully saturated rings. The molecule has 7 heterocycles. The van der Waals surface area contributed by atoms with E-state index in [2.05, 4.69) is 123 Å². The molecule has 8 aromatic carbocycles. The summed E-state index contributed by atoms with van der Waals surface area (Å²) in [5, 5.41) is 38.2. The van der Waals surface area contributed by atoms with E-state index in [1.807, 2.05) is 172 Å². The van der Waals surface area contributed by atoms with Crippen LogP contribution in [0.1, 0.15) is 107 Å². The van der Waals surface area contributed by atoms with E-state index >= 15 is 0 Å². The maximum Gasteiger partial charge on any atom is 1.00 e. The molecule has 15 rings (SSSR count). The summed E-state index contributed by atoms with van der Waals surface area (Å²) in [5.74, 6) is 1.77. The van der Waals surface area contributed by atoms with Gasteiger partial charge in [0, 0.05) is 126 Å². The van der Waals surface area contributed by atoms with Gasteiger partial charge >= 0.3 is 156 Å². The number of aldehydes is 1. The second-order valence-electron chi connectivity index (χ2n) is 29.3. The van der Waals surface area contributed by atoms with Crippen molar-refractivity contribution in [1.82, 2.24) is 9.13 Å². The third kappa shape index (κ3) is 49.2. The summed E-state index contributed by atoms with van der Waals surface area (Å²) in [6.45, 7) is 9.93. The van der Waals surface area contributed by atoms with Gasteiger partial charge in [0.05, 0.1) is 102 Å². The number of esters is 2. The van der Waals surface area contributed by atoms with Crippen molar-refractivity contribution in [2.24, 2.45) is 11.8 Å². The van der Waals surface area contributed by atoms with E-state index in [4.69, 9.17) is 75.2 Å². The first-order valence-electron chi connectivity index (χ1n) is 42.6. The first-order chi connectivity index (χ1) is 68.1. The summed E-state index contributed by atoms with van der Waals surface area (Å²) in [4.78, 5) is 130. The van der Waals surface area contributed by atoms with Crippen molar-refractivity contribution in [3.05, 3.63) is 299 Å². The number of halogens is 6. The van der Waals surface area contributed by atoms with Crippen molar-refractivity contribution in [2.75, 3.05) is 92.1 Å². The molecule has 0 unspecified atom stereocenters. The second-order valence-corrected chi connectivity index (χ2v) is 37.0. The number of pyridine rings is 2. The molecule has 3 radical (unpaired) electrons. The van der Waals surface area contributed by atoms with Crippen molar-refractivity contribution in [2.45, 2.75) is 79.4 Å². The summed E-state index contributed by atoms with van der Waals surface area (Å²) >= 11 is 26.8. The fourth-order valence-corrected chi connectivity index (χ4v) is 17.0. The van der Waals surface area contributed by atoms with E-state index < -0.39 is 29.8 Å². The first kappa shape index (κ1) is 133. The van der Waals surface area contributed by atoms with E-state index in [9.17, 15) is 48.3 Å². The standard InChI is InChI=1S/C27H26BrNO4S.C21H16BrNO3S.C16H16BrNO3.C8H8BrNO2.C8H8O2.C6H11BrO.C6H5ClOS.C4H6O4.C2H3BO2.C2H4O2.CH2O3.2K.Na.H/c1-31-21-7-4-18(5-8-21)16-29-23-9-6-20(28)15-22(23)26(33-17-19-10-12-32-13-11-19)25(27(29)30)24-3-2-14-34-24;1-26-15-7-4-13(5-8-15)12-23-17-9-6-14(22)11-16(17)20(24)19(21(23)25)18-3-2-10-27-18;1-20-13-6-3-11(4-7-13)10-18-15-8-5-12(17)9-14(15)16(19)21-2;1-12-8(11)6-4-5(9)2-3-7(6)10;1-10-8-4-2-7(6-9)3-5-8;7-5-6-1-3-8-4-2-6;7-6(8)4-5-2-1-3-9-5;1-3(5)7-8-4(2)6;1-2(4)5-3;1-2(3)4;2-1-4-3;;;;/h2-9,14-15,19H,10-13,16-17H2,1H3;2-11,24H,12H2,1H3;3-9,18H,10H2,1-2H3;2-4H,10H2,1H3;2-6H,1H3;6H,1-5H2;1-3H,4H2;1-2H3;1H3;1H3,(H,3,4);1,3H;;;;/q;;;;;;;;-1;;;3*+1;-1/p-1. The number of hydrogen-bond donors (Lipinski definition) is 4. The molecule has 0 bridgehead atoms. The number of thiophene rings is 3. The van der Waals surface area contributed by atoms with Crippen LogP contribution in [0.3, 0.4) is 0 Å². The Balaban J connectivity index is 0.000000858. The summed E-state index contributed by atoms with van der Waals surface area (Å²) in [6, 6.07) is 63.7. The molecule has 31 nitrogen and oxygen atoms in total. The molecule has 13 aromatic rings. The largest absolute Gasteiger partial charge is 1.00 e. The molecule has 0 saturated carbocycles. The van der Waals surface area contributed by atoms with Crippen LogP contribution in [0.4, 0.5) is 11.4 Å². The fourth-order valence-electron chi connectivity index (χ4n) is 12.5. The summed E-state index contributed by atoms with van der Waals surface area (Å²) in [5.41, 5.74) is 13.6. The van der Waals surface area contributed by atoms with Crippen LogP contribution in [-0.4, -0.2) is 162 Å². The zero-order chi connectivity index (χ0) is 105. The molecule has 0 aliphatic carbocycles. The van der Waals surface area contributed by atoms with Crippen LogP contribution in [0.5, 0.6) is 34.5 Å². The van der Waals surface area contributed by atoms with Crippen LogP contribution >= 0.6 is 125 Å². The number of methoxy groups -OCH3 is 6. The van der Waals surface area contributed by atoms with Gasteiger partial charge in [-0.25, -0.2) is 29.0 Å². The van der Waals surface area contributed by atoms with Gasteiger partial charge in [-0.15, -0.1) is 34.0 Å². The molecule has 0 spiro atoms. The molecule has 0 atom stereocenters. The number of carbonyl (C=O) groups is 9. The number of alkyl halides is 1. The predicted molar refractivity (Wildman–Crippen MR) is 566 cm³/mol. The molecule has 2 saturated heterocycles. The van der Waals surface area contributed by atoms with E-state index in [1.54, 1.807) is 104 Å². The smallest absolute Gasteiger partial charge is 1.00 e. The third-order valence-electron chi connectivity index (χ3n) is 19.4. The molecule has 5 N–H and O–H groups in total. The number of aromatic nitrogens is 2. The summed E-state index contributed by atoms with van der Waals surface area (Å²) in [6.07, 6.45) is 5.60. The van der Waals surface area contributed by atoms with Crippen LogP contribution < -0.4 is 183 Å². The average molecular weight is 2450 g/mol. The number of nitrogens with one attached hydrogen (secondary N) is 1. The number of ether oxygens (including phenoxy) is 9. The maximum absolute atomic E-state index is 14.0. The normalized spacial score (nSPS) is 11.2. The van der Waals surface area contributed by atoms with Crippen LogP contribution in [0.25, 0.3) is 42.7 Å². The van der Waals surface area contributed by atoms with Gasteiger partial charge in [0.1, 0.15) is 40.8 Å². The number of nitrogen functional groups attached to an aromatic ring is 1. The number of hydrogen-bond acceptors (Lipinski definition) is 31. The van der Waals surface area contributed by atoms with Crippen LogP contribution in [-0.2, 0) is 93.1 Å². The first-order valence-corrected chi connectivity index (χ1v) is 49.9. The molecule has 757 valence electrons. The van der Waals surface area contributed by atoms with Crippen molar-refractivity contribution in [3.8, 4) is 55.4 Å². The second kappa shape index (κ2) is 75.0. The van der Waals surface area contributed by atoms with Gasteiger partial charge in [0.2, 0.25) is 11.2 Å². The number of rotatable bonds is 23. The van der Waals surface area contributed by atoms with Crippen molar-refractivity contribution < 1.29 is 254 Å². The van der Waals surface area contributed by atoms with E-state index in [1.165, 1.54) is 45.3 Å². The fraction of sp³-hybridized carbons (Fsp3) is 0.257. The third-order valence-corrected chi connectivity index (χ3v) is 25.0.